The zero-order valence-corrected chi connectivity index (χ0v) is 12.6. The monoisotopic (exact) mass is 277 g/mol. The first kappa shape index (κ1) is 15.3. The van der Waals surface area contributed by atoms with Crippen LogP contribution in [0.5, 0.6) is 5.75 Å². The zero-order chi connectivity index (χ0) is 14.0. The Bertz CT molecular complexity index is 375. The smallest absolute Gasteiger partial charge is 0.123 e. The van der Waals surface area contributed by atoms with Gasteiger partial charge in [0, 0.05) is 18.7 Å². The Morgan fingerprint density at radius 2 is 1.95 bits per heavy atom. The van der Waals surface area contributed by atoms with Gasteiger partial charge in [0.2, 0.25) is 0 Å². The minimum Gasteiger partial charge on any atom is -0.494 e. The maximum atomic E-state index is 5.90. The van der Waals surface area contributed by atoms with Crippen molar-refractivity contribution < 1.29 is 9.47 Å². The van der Waals surface area contributed by atoms with Crippen LogP contribution in [0.1, 0.15) is 44.6 Å². The normalized spacial score (nSPS) is 16.2. The number of hydrogen-bond acceptors (Lipinski definition) is 3. The van der Waals surface area contributed by atoms with Gasteiger partial charge in [0.05, 0.1) is 19.3 Å². The predicted octanol–water partition coefficient (Wildman–Crippen LogP) is 3.52. The van der Waals surface area contributed by atoms with Gasteiger partial charge in [0.1, 0.15) is 5.75 Å². The Balaban J connectivity index is 1.63. The average molecular weight is 277 g/mol. The summed E-state index contributed by atoms with van der Waals surface area (Å²) in [7, 11) is 0. The lowest BCUT2D eigenvalue weighted by Gasteiger charge is -2.22. The summed E-state index contributed by atoms with van der Waals surface area (Å²) in [6.45, 7) is 5.27. The van der Waals surface area contributed by atoms with Crippen LogP contribution in [0.25, 0.3) is 0 Å². The van der Waals surface area contributed by atoms with Crippen molar-refractivity contribution in [2.24, 2.45) is 0 Å². The Morgan fingerprint density at radius 1 is 1.15 bits per heavy atom. The summed E-state index contributed by atoms with van der Waals surface area (Å²) < 4.78 is 11.5. The molecule has 0 radical (unpaired) electrons. The van der Waals surface area contributed by atoms with Crippen molar-refractivity contribution in [3.05, 3.63) is 29.8 Å². The molecule has 20 heavy (non-hydrogen) atoms. The Labute approximate surface area is 122 Å². The van der Waals surface area contributed by atoms with E-state index in [2.05, 4.69) is 17.4 Å². The van der Waals surface area contributed by atoms with Gasteiger partial charge >= 0.3 is 0 Å². The van der Waals surface area contributed by atoms with Crippen molar-refractivity contribution in [3.8, 4) is 5.75 Å². The number of nitrogens with one attached hydrogen (secondary N) is 1. The van der Waals surface area contributed by atoms with E-state index < -0.39 is 0 Å². The summed E-state index contributed by atoms with van der Waals surface area (Å²) in [6.07, 6.45) is 7.04. The van der Waals surface area contributed by atoms with Crippen LogP contribution < -0.4 is 10.1 Å². The lowest BCUT2D eigenvalue weighted by molar-refractivity contribution is 0.0302. The second kappa shape index (κ2) is 8.98. The Kier molecular flexibility index (Phi) is 6.89. The average Bonchev–Trinajstić information content (AvgIpc) is 2.50. The van der Waals surface area contributed by atoms with Gasteiger partial charge in [0.15, 0.2) is 0 Å². The van der Waals surface area contributed by atoms with Gasteiger partial charge in [-0.25, -0.2) is 0 Å². The number of benzene rings is 1. The highest BCUT2D eigenvalue weighted by atomic mass is 16.5. The summed E-state index contributed by atoms with van der Waals surface area (Å²) in [5, 5.41) is 3.44. The maximum Gasteiger partial charge on any atom is 0.123 e. The molecule has 1 aliphatic rings. The molecule has 0 bridgehead atoms. The van der Waals surface area contributed by atoms with Crippen LogP contribution in [-0.4, -0.2) is 25.9 Å². The molecule has 1 aliphatic carbocycles. The molecule has 0 spiro atoms. The molecule has 0 atom stereocenters. The first-order valence-corrected chi connectivity index (χ1v) is 7.93. The third-order valence-corrected chi connectivity index (χ3v) is 3.77. The van der Waals surface area contributed by atoms with Crippen LogP contribution in [0.3, 0.4) is 0 Å². The first-order valence-electron chi connectivity index (χ1n) is 7.93. The number of para-hydroxylation sites is 1. The highest BCUT2D eigenvalue weighted by Crippen LogP contribution is 2.20. The van der Waals surface area contributed by atoms with Gasteiger partial charge in [-0.15, -0.1) is 0 Å². The summed E-state index contributed by atoms with van der Waals surface area (Å²) in [5.41, 5.74) is 1.21. The molecule has 0 saturated heterocycles. The third-order valence-electron chi connectivity index (χ3n) is 3.77. The van der Waals surface area contributed by atoms with E-state index in [0.29, 0.717) is 12.7 Å². The van der Waals surface area contributed by atoms with E-state index >= 15 is 0 Å². The molecule has 3 heteroatoms. The van der Waals surface area contributed by atoms with E-state index in [9.17, 15) is 0 Å². The molecule has 0 aliphatic heterocycles. The van der Waals surface area contributed by atoms with Crippen molar-refractivity contribution >= 4 is 0 Å². The molecule has 2 rings (SSSR count). The SMILES string of the molecule is CCOc1ccccc1CNCCOC1CCCCC1. The quantitative estimate of drug-likeness (QED) is 0.737. The molecule has 1 N–H and O–H groups in total. The molecule has 112 valence electrons. The van der Waals surface area contributed by atoms with Gasteiger partial charge in [-0.2, -0.15) is 0 Å². The third kappa shape index (κ3) is 5.14. The number of rotatable bonds is 8. The van der Waals surface area contributed by atoms with E-state index in [0.717, 1.165) is 25.4 Å². The highest BCUT2D eigenvalue weighted by molar-refractivity contribution is 5.33. The highest BCUT2D eigenvalue weighted by Gasteiger charge is 2.12. The Morgan fingerprint density at radius 3 is 2.75 bits per heavy atom. The van der Waals surface area contributed by atoms with Gasteiger partial charge in [0.25, 0.3) is 0 Å². The lowest BCUT2D eigenvalue weighted by Crippen LogP contribution is -2.24. The maximum absolute atomic E-state index is 5.90. The predicted molar refractivity (Wildman–Crippen MR) is 82.1 cm³/mol. The summed E-state index contributed by atoms with van der Waals surface area (Å²) in [4.78, 5) is 0. The van der Waals surface area contributed by atoms with Gasteiger partial charge in [-0.1, -0.05) is 37.5 Å². The van der Waals surface area contributed by atoms with Crippen LogP contribution in [-0.2, 0) is 11.3 Å². The molecule has 0 unspecified atom stereocenters. The van der Waals surface area contributed by atoms with Crippen LogP contribution in [0, 0.1) is 0 Å². The molecule has 1 fully saturated rings. The molecule has 0 aromatic heterocycles. The van der Waals surface area contributed by atoms with Crippen molar-refractivity contribution in [1.29, 1.82) is 0 Å². The molecule has 0 amide bonds. The van der Waals surface area contributed by atoms with Crippen LogP contribution in [0.15, 0.2) is 24.3 Å². The van der Waals surface area contributed by atoms with Crippen LogP contribution in [0.2, 0.25) is 0 Å². The molecule has 1 aromatic rings. The summed E-state index contributed by atoms with van der Waals surface area (Å²) >= 11 is 0. The van der Waals surface area contributed by atoms with Crippen molar-refractivity contribution in [3.63, 3.8) is 0 Å². The zero-order valence-electron chi connectivity index (χ0n) is 12.6. The van der Waals surface area contributed by atoms with Gasteiger partial charge in [-0.3, -0.25) is 0 Å². The van der Waals surface area contributed by atoms with Crippen molar-refractivity contribution in [2.75, 3.05) is 19.8 Å². The molecular weight excluding hydrogens is 250 g/mol. The number of ether oxygens (including phenoxy) is 2. The first-order chi connectivity index (χ1) is 9.90. The van der Waals surface area contributed by atoms with E-state index in [-0.39, 0.29) is 0 Å². The molecule has 1 aromatic carbocycles. The molecule has 1 saturated carbocycles. The summed E-state index contributed by atoms with van der Waals surface area (Å²) in [5.74, 6) is 0.982. The van der Waals surface area contributed by atoms with Crippen LogP contribution >= 0.6 is 0 Å². The minimum atomic E-state index is 0.501. The largest absolute Gasteiger partial charge is 0.494 e. The molecule has 3 nitrogen and oxygen atoms in total. The standard InChI is InChI=1S/C17H27NO2/c1-2-19-17-11-7-6-8-15(17)14-18-12-13-20-16-9-4-3-5-10-16/h6-8,11,16,18H,2-5,9-10,12-14H2,1H3. The second-order valence-electron chi connectivity index (χ2n) is 5.35. The van der Waals surface area contributed by atoms with E-state index in [1.807, 2.05) is 19.1 Å². The minimum absolute atomic E-state index is 0.501. The topological polar surface area (TPSA) is 30.5 Å². The fraction of sp³-hybridized carbons (Fsp3) is 0.647. The summed E-state index contributed by atoms with van der Waals surface area (Å²) in [6, 6.07) is 8.21. The van der Waals surface area contributed by atoms with Gasteiger partial charge in [-0.05, 0) is 25.8 Å². The second-order valence-corrected chi connectivity index (χ2v) is 5.35. The van der Waals surface area contributed by atoms with E-state index in [4.69, 9.17) is 9.47 Å². The fourth-order valence-corrected chi connectivity index (χ4v) is 2.70. The Hall–Kier alpha value is -1.06. The van der Waals surface area contributed by atoms with Gasteiger partial charge < -0.3 is 14.8 Å². The van der Waals surface area contributed by atoms with Crippen LogP contribution in [0.4, 0.5) is 0 Å². The lowest BCUT2D eigenvalue weighted by atomic mass is 9.98. The van der Waals surface area contributed by atoms with E-state index in [1.165, 1.54) is 37.7 Å². The fourth-order valence-electron chi connectivity index (χ4n) is 2.70. The number of hydrogen-bond donors (Lipinski definition) is 1. The molecular formula is C17H27NO2. The van der Waals surface area contributed by atoms with Crippen molar-refractivity contribution in [1.82, 2.24) is 5.32 Å². The van der Waals surface area contributed by atoms with E-state index in [1.54, 1.807) is 0 Å². The van der Waals surface area contributed by atoms with Crippen molar-refractivity contribution in [2.45, 2.75) is 51.7 Å². The molecule has 0 heterocycles.